The lowest BCUT2D eigenvalue weighted by Crippen LogP contribution is -2.28. The Labute approximate surface area is 168 Å². The molecule has 6 heteroatoms. The van der Waals surface area contributed by atoms with Gasteiger partial charge in [-0.1, -0.05) is 48.9 Å². The van der Waals surface area contributed by atoms with Crippen molar-refractivity contribution in [3.05, 3.63) is 75.0 Å². The van der Waals surface area contributed by atoms with Crippen LogP contribution in [0.4, 0.5) is 0 Å². The van der Waals surface area contributed by atoms with Crippen LogP contribution in [0.25, 0.3) is 10.9 Å². The number of hydrogen-bond acceptors (Lipinski definition) is 3. The molecule has 0 aliphatic heterocycles. The van der Waals surface area contributed by atoms with E-state index in [2.05, 4.69) is 10.3 Å². The number of rotatable bonds is 7. The van der Waals surface area contributed by atoms with Gasteiger partial charge in [0.15, 0.2) is 0 Å². The lowest BCUT2D eigenvalue weighted by Gasteiger charge is -2.12. The molecule has 146 valence electrons. The minimum absolute atomic E-state index is 0.0259. The molecule has 0 fully saturated rings. The van der Waals surface area contributed by atoms with E-state index in [0.717, 1.165) is 10.9 Å². The molecule has 0 bridgehead atoms. The van der Waals surface area contributed by atoms with E-state index in [4.69, 9.17) is 16.3 Å². The van der Waals surface area contributed by atoms with Gasteiger partial charge in [-0.3, -0.25) is 9.59 Å². The number of amides is 1. The number of hydrogen-bond donors (Lipinski definition) is 2. The largest absolute Gasteiger partial charge is 0.495 e. The van der Waals surface area contributed by atoms with Crippen LogP contribution in [0, 0.1) is 0 Å². The number of nitrogens with one attached hydrogen (secondary N) is 2. The van der Waals surface area contributed by atoms with Crippen LogP contribution < -0.4 is 15.6 Å². The van der Waals surface area contributed by atoms with Crippen molar-refractivity contribution in [2.24, 2.45) is 0 Å². The van der Waals surface area contributed by atoms with Gasteiger partial charge < -0.3 is 15.0 Å². The van der Waals surface area contributed by atoms with E-state index in [1.165, 1.54) is 0 Å². The molecule has 3 aromatic rings. The second kappa shape index (κ2) is 8.93. The van der Waals surface area contributed by atoms with Crippen molar-refractivity contribution in [1.29, 1.82) is 0 Å². The predicted octanol–water partition coefficient (Wildman–Crippen LogP) is 4.04. The number of ether oxygens (including phenoxy) is 1. The van der Waals surface area contributed by atoms with Crippen LogP contribution in [-0.2, 0) is 11.2 Å². The molecular weight excluding hydrogens is 376 g/mol. The molecule has 2 N–H and O–H groups in total. The Hall–Kier alpha value is -2.79. The van der Waals surface area contributed by atoms with E-state index in [9.17, 15) is 9.59 Å². The van der Waals surface area contributed by atoms with Crippen molar-refractivity contribution in [2.45, 2.75) is 25.7 Å². The third kappa shape index (κ3) is 4.73. The molecule has 0 aliphatic rings. The second-order valence-electron chi connectivity index (χ2n) is 6.81. The molecule has 1 aromatic heterocycles. The number of carbonyl (C=O) groups is 1. The maximum Gasteiger partial charge on any atom is 0.251 e. The van der Waals surface area contributed by atoms with Crippen LogP contribution in [-0.4, -0.2) is 24.5 Å². The Bertz CT molecular complexity index is 1030. The molecule has 0 saturated carbocycles. The number of aromatic nitrogens is 1. The summed E-state index contributed by atoms with van der Waals surface area (Å²) < 4.78 is 5.23. The van der Waals surface area contributed by atoms with Crippen LogP contribution in [0.2, 0.25) is 5.02 Å². The van der Waals surface area contributed by atoms with Crippen LogP contribution >= 0.6 is 11.6 Å². The summed E-state index contributed by atoms with van der Waals surface area (Å²) in [5.74, 6) is 0.667. The molecular formula is C22H23ClN2O3. The Morgan fingerprint density at radius 2 is 1.96 bits per heavy atom. The SMILES string of the molecule is COc1cc2cc(CCNC(=O)CC(C)c3ccccc3)c(=O)[nH]c2cc1Cl. The van der Waals surface area contributed by atoms with Crippen molar-refractivity contribution in [2.75, 3.05) is 13.7 Å². The van der Waals surface area contributed by atoms with Gasteiger partial charge in [-0.15, -0.1) is 0 Å². The van der Waals surface area contributed by atoms with Gasteiger partial charge in [0.2, 0.25) is 5.91 Å². The van der Waals surface area contributed by atoms with E-state index in [0.29, 0.717) is 41.2 Å². The molecule has 3 rings (SSSR count). The van der Waals surface area contributed by atoms with Gasteiger partial charge in [-0.2, -0.15) is 0 Å². The Morgan fingerprint density at radius 1 is 1.21 bits per heavy atom. The highest BCUT2D eigenvalue weighted by Crippen LogP contribution is 2.28. The standard InChI is InChI=1S/C22H23ClN2O3/c1-14(15-6-4-3-5-7-15)10-21(26)24-9-8-16-11-17-12-20(28-2)18(23)13-19(17)25-22(16)27/h3-7,11-14H,8-10H2,1-2H3,(H,24,26)(H,25,27). The summed E-state index contributed by atoms with van der Waals surface area (Å²) in [6.07, 6.45) is 0.857. The average Bonchev–Trinajstić information content (AvgIpc) is 2.68. The number of pyridine rings is 1. The van der Waals surface area contributed by atoms with Crippen molar-refractivity contribution < 1.29 is 9.53 Å². The lowest BCUT2D eigenvalue weighted by atomic mass is 9.97. The summed E-state index contributed by atoms with van der Waals surface area (Å²) in [7, 11) is 1.55. The molecule has 1 atom stereocenters. The van der Waals surface area contributed by atoms with Gasteiger partial charge in [0.25, 0.3) is 5.56 Å². The number of H-pyrrole nitrogens is 1. The first kappa shape index (κ1) is 20.0. The van der Waals surface area contributed by atoms with Crippen molar-refractivity contribution in [1.82, 2.24) is 10.3 Å². The third-order valence-corrected chi connectivity index (χ3v) is 5.07. The molecule has 2 aromatic carbocycles. The molecule has 1 unspecified atom stereocenters. The van der Waals surface area contributed by atoms with Gasteiger partial charge in [-0.05, 0) is 36.1 Å². The number of fused-ring (bicyclic) bond motifs is 1. The Balaban J connectivity index is 1.62. The maximum atomic E-state index is 12.3. The van der Waals surface area contributed by atoms with Crippen LogP contribution in [0.1, 0.15) is 30.4 Å². The van der Waals surface area contributed by atoms with Crippen molar-refractivity contribution in [3.63, 3.8) is 0 Å². The zero-order valence-corrected chi connectivity index (χ0v) is 16.7. The van der Waals surface area contributed by atoms with Crippen molar-refractivity contribution in [3.8, 4) is 5.75 Å². The summed E-state index contributed by atoms with van der Waals surface area (Å²) in [5, 5.41) is 4.18. The fourth-order valence-corrected chi connectivity index (χ4v) is 3.42. The first-order chi connectivity index (χ1) is 13.5. The minimum Gasteiger partial charge on any atom is -0.495 e. The van der Waals surface area contributed by atoms with Gasteiger partial charge in [0.1, 0.15) is 5.75 Å². The predicted molar refractivity (Wildman–Crippen MR) is 112 cm³/mol. The zero-order chi connectivity index (χ0) is 20.1. The smallest absolute Gasteiger partial charge is 0.251 e. The molecule has 1 heterocycles. The maximum absolute atomic E-state index is 12.3. The highest BCUT2D eigenvalue weighted by Gasteiger charge is 2.12. The number of halogens is 1. The summed E-state index contributed by atoms with van der Waals surface area (Å²) >= 11 is 6.11. The van der Waals surface area contributed by atoms with E-state index >= 15 is 0 Å². The monoisotopic (exact) mass is 398 g/mol. The molecule has 0 saturated heterocycles. The lowest BCUT2D eigenvalue weighted by molar-refractivity contribution is -0.121. The van der Waals surface area contributed by atoms with Gasteiger partial charge in [-0.25, -0.2) is 0 Å². The fourth-order valence-electron chi connectivity index (χ4n) is 3.18. The molecule has 28 heavy (non-hydrogen) atoms. The van der Waals surface area contributed by atoms with Gasteiger partial charge in [0.05, 0.1) is 17.6 Å². The van der Waals surface area contributed by atoms with Crippen LogP contribution in [0.3, 0.4) is 0 Å². The van der Waals surface area contributed by atoms with E-state index < -0.39 is 0 Å². The third-order valence-electron chi connectivity index (χ3n) is 4.77. The number of carbonyl (C=O) groups excluding carboxylic acids is 1. The van der Waals surface area contributed by atoms with Crippen LogP contribution in [0.15, 0.2) is 53.3 Å². The van der Waals surface area contributed by atoms with Crippen molar-refractivity contribution >= 4 is 28.4 Å². The van der Waals surface area contributed by atoms with E-state index in [1.54, 1.807) is 19.2 Å². The topological polar surface area (TPSA) is 71.2 Å². The van der Waals surface area contributed by atoms with E-state index in [-0.39, 0.29) is 17.4 Å². The van der Waals surface area contributed by atoms with Gasteiger partial charge in [0, 0.05) is 23.9 Å². The molecule has 0 spiro atoms. The highest BCUT2D eigenvalue weighted by molar-refractivity contribution is 6.32. The number of aromatic amines is 1. The number of methoxy groups -OCH3 is 1. The minimum atomic E-state index is -0.180. The average molecular weight is 399 g/mol. The second-order valence-corrected chi connectivity index (χ2v) is 7.22. The summed E-state index contributed by atoms with van der Waals surface area (Å²) in [6, 6.07) is 15.2. The molecule has 0 radical (unpaired) electrons. The van der Waals surface area contributed by atoms with E-state index in [1.807, 2.05) is 43.3 Å². The highest BCUT2D eigenvalue weighted by atomic mass is 35.5. The Kier molecular flexibility index (Phi) is 6.37. The summed E-state index contributed by atoms with van der Waals surface area (Å²) in [4.78, 5) is 27.3. The Morgan fingerprint density at radius 3 is 2.68 bits per heavy atom. The zero-order valence-electron chi connectivity index (χ0n) is 15.9. The summed E-state index contributed by atoms with van der Waals surface area (Å²) in [5.41, 5.74) is 2.21. The quantitative estimate of drug-likeness (QED) is 0.630. The number of benzene rings is 2. The van der Waals surface area contributed by atoms with Gasteiger partial charge >= 0.3 is 0 Å². The molecule has 5 nitrogen and oxygen atoms in total. The first-order valence-electron chi connectivity index (χ1n) is 9.19. The first-order valence-corrected chi connectivity index (χ1v) is 9.57. The van der Waals surface area contributed by atoms with Crippen LogP contribution in [0.5, 0.6) is 5.75 Å². The normalized spacial score (nSPS) is 12.0. The molecule has 1 amide bonds. The molecule has 0 aliphatic carbocycles. The summed E-state index contributed by atoms with van der Waals surface area (Å²) in [6.45, 7) is 2.43. The fraction of sp³-hybridized carbons (Fsp3) is 0.273.